The Morgan fingerprint density at radius 3 is 2.73 bits per heavy atom. The second-order valence-corrected chi connectivity index (χ2v) is 5.37. The molecule has 120 valence electrons. The Balaban J connectivity index is 2.03. The van der Waals surface area contributed by atoms with Gasteiger partial charge in [0.05, 0.1) is 12.2 Å². The van der Waals surface area contributed by atoms with Crippen molar-refractivity contribution in [3.8, 4) is 0 Å². The van der Waals surface area contributed by atoms with Gasteiger partial charge in [-0.1, -0.05) is 20.3 Å². The Labute approximate surface area is 129 Å². The molecule has 0 unspecified atom stereocenters. The third-order valence-electron chi connectivity index (χ3n) is 3.86. The molecule has 3 N–H and O–H groups in total. The number of nitrogens with zero attached hydrogens (tertiary/aromatic N) is 4. The summed E-state index contributed by atoms with van der Waals surface area (Å²) >= 11 is 0. The fourth-order valence-corrected chi connectivity index (χ4v) is 2.26. The van der Waals surface area contributed by atoms with Gasteiger partial charge in [-0.15, -0.1) is 0 Å². The number of carbonyl (C=O) groups excluding carboxylic acids is 2. The fourth-order valence-electron chi connectivity index (χ4n) is 2.26. The minimum atomic E-state index is -0.602. The number of amides is 3. The van der Waals surface area contributed by atoms with Gasteiger partial charge in [0.1, 0.15) is 0 Å². The Morgan fingerprint density at radius 2 is 2.09 bits per heavy atom. The van der Waals surface area contributed by atoms with Crippen molar-refractivity contribution in [2.24, 2.45) is 11.7 Å². The molecule has 2 atom stereocenters. The van der Waals surface area contributed by atoms with Crippen LogP contribution in [-0.4, -0.2) is 51.1 Å². The van der Waals surface area contributed by atoms with Crippen LogP contribution in [0.25, 0.3) is 0 Å². The third-order valence-corrected chi connectivity index (χ3v) is 3.86. The number of nitrogens with two attached hydrogens (primary N) is 1. The number of carbonyl (C=O) groups is 2. The van der Waals surface area contributed by atoms with Crippen LogP contribution in [0.3, 0.4) is 0 Å². The van der Waals surface area contributed by atoms with Gasteiger partial charge in [-0.3, -0.25) is 15.1 Å². The molecule has 1 saturated heterocycles. The van der Waals surface area contributed by atoms with Gasteiger partial charge >= 0.3 is 6.03 Å². The van der Waals surface area contributed by atoms with Gasteiger partial charge in [-0.05, 0) is 12.3 Å². The lowest BCUT2D eigenvalue weighted by Crippen LogP contribution is -2.53. The molecule has 0 aromatic carbocycles. The van der Waals surface area contributed by atoms with Crippen LogP contribution in [0.2, 0.25) is 0 Å². The summed E-state index contributed by atoms with van der Waals surface area (Å²) in [6, 6.07) is -1.00. The summed E-state index contributed by atoms with van der Waals surface area (Å²) < 4.78 is 0. The van der Waals surface area contributed by atoms with Crippen LogP contribution in [0, 0.1) is 5.92 Å². The zero-order valence-electron chi connectivity index (χ0n) is 12.9. The lowest BCUT2D eigenvalue weighted by Gasteiger charge is -2.31. The van der Waals surface area contributed by atoms with Gasteiger partial charge in [0.15, 0.2) is 5.82 Å². The second kappa shape index (κ2) is 7.17. The van der Waals surface area contributed by atoms with Gasteiger partial charge < -0.3 is 5.73 Å². The van der Waals surface area contributed by atoms with E-state index in [1.54, 1.807) is 0 Å². The number of rotatable bonds is 4. The second-order valence-electron chi connectivity index (χ2n) is 5.37. The van der Waals surface area contributed by atoms with E-state index in [1.165, 1.54) is 28.6 Å². The number of nitrogens with one attached hydrogen (secondary N) is 1. The van der Waals surface area contributed by atoms with E-state index in [1.807, 2.05) is 13.8 Å². The van der Waals surface area contributed by atoms with E-state index in [9.17, 15) is 9.59 Å². The molecule has 1 aliphatic heterocycles. The number of hydrogen-bond donors (Lipinski definition) is 2. The Hall–Kier alpha value is -2.22. The van der Waals surface area contributed by atoms with E-state index in [0.29, 0.717) is 18.9 Å². The van der Waals surface area contributed by atoms with Crippen LogP contribution in [0.15, 0.2) is 18.6 Å². The normalized spacial score (nSPS) is 17.2. The molecule has 1 aliphatic rings. The predicted molar refractivity (Wildman–Crippen MR) is 81.5 cm³/mol. The largest absolute Gasteiger partial charge is 0.341 e. The quantitative estimate of drug-likeness (QED) is 0.857. The minimum absolute atomic E-state index is 0.0676. The molecular formula is C14H22N6O2. The average Bonchev–Trinajstić information content (AvgIpc) is 3.03. The minimum Gasteiger partial charge on any atom is -0.320 e. The highest BCUT2D eigenvalue weighted by Crippen LogP contribution is 2.16. The maximum absolute atomic E-state index is 12.5. The van der Waals surface area contributed by atoms with Crippen molar-refractivity contribution in [1.29, 1.82) is 0 Å². The van der Waals surface area contributed by atoms with Gasteiger partial charge in [0, 0.05) is 25.5 Å². The van der Waals surface area contributed by atoms with E-state index in [0.717, 1.165) is 12.8 Å². The highest BCUT2D eigenvalue weighted by Gasteiger charge is 2.34. The molecule has 2 rings (SSSR count). The lowest BCUT2D eigenvalue weighted by atomic mass is 9.99. The van der Waals surface area contributed by atoms with E-state index >= 15 is 0 Å². The number of aromatic nitrogens is 2. The predicted octanol–water partition coefficient (Wildman–Crippen LogP) is 0.831. The first-order valence-corrected chi connectivity index (χ1v) is 7.46. The summed E-state index contributed by atoms with van der Waals surface area (Å²) in [5, 5.41) is 5.45. The molecule has 3 amide bonds. The molecule has 0 saturated carbocycles. The van der Waals surface area contributed by atoms with Crippen molar-refractivity contribution in [3.05, 3.63) is 18.6 Å². The standard InChI is InChI=1S/C14H22N6O2/c1-3-10(2)12(15)13(21)19-7-4-8-20(19)14(22)18-11-9-16-5-6-17-11/h5-6,9-10,12H,3-4,7-8,15H2,1-2H3,(H,17,18,22)/t10-,12-/m0/s1. The van der Waals surface area contributed by atoms with Gasteiger partial charge in [0.2, 0.25) is 0 Å². The number of hydrogen-bond acceptors (Lipinski definition) is 5. The highest BCUT2D eigenvalue weighted by molar-refractivity contribution is 5.91. The molecule has 0 spiro atoms. The molecule has 8 nitrogen and oxygen atoms in total. The molecule has 22 heavy (non-hydrogen) atoms. The molecule has 0 radical (unpaired) electrons. The maximum atomic E-state index is 12.5. The highest BCUT2D eigenvalue weighted by atomic mass is 16.2. The number of anilines is 1. The van der Waals surface area contributed by atoms with Crippen molar-refractivity contribution in [2.75, 3.05) is 18.4 Å². The van der Waals surface area contributed by atoms with Gasteiger partial charge in [0.25, 0.3) is 5.91 Å². The third kappa shape index (κ3) is 3.51. The van der Waals surface area contributed by atoms with Crippen LogP contribution in [-0.2, 0) is 4.79 Å². The van der Waals surface area contributed by atoms with Crippen LogP contribution in [0.4, 0.5) is 10.6 Å². The molecular weight excluding hydrogens is 284 g/mol. The van der Waals surface area contributed by atoms with Gasteiger partial charge in [-0.25, -0.2) is 19.8 Å². The van der Waals surface area contributed by atoms with E-state index in [-0.39, 0.29) is 11.8 Å². The molecule has 2 heterocycles. The SMILES string of the molecule is CC[C@H](C)[C@H](N)C(=O)N1CCCN1C(=O)Nc1cnccn1. The molecule has 1 aromatic rings. The zero-order chi connectivity index (χ0) is 16.1. The molecule has 1 fully saturated rings. The summed E-state index contributed by atoms with van der Waals surface area (Å²) in [6.07, 6.45) is 6.00. The summed E-state index contributed by atoms with van der Waals surface area (Å²) in [5.41, 5.74) is 5.99. The smallest absolute Gasteiger partial charge is 0.320 e. The average molecular weight is 306 g/mol. The van der Waals surface area contributed by atoms with Crippen molar-refractivity contribution < 1.29 is 9.59 Å². The van der Waals surface area contributed by atoms with Crippen LogP contribution in [0.5, 0.6) is 0 Å². The van der Waals surface area contributed by atoms with Crippen LogP contribution >= 0.6 is 0 Å². The topological polar surface area (TPSA) is 104 Å². The monoisotopic (exact) mass is 306 g/mol. The van der Waals surface area contributed by atoms with Crippen molar-refractivity contribution in [2.45, 2.75) is 32.7 Å². The fraction of sp³-hybridized carbons (Fsp3) is 0.571. The summed E-state index contributed by atoms with van der Waals surface area (Å²) in [7, 11) is 0. The first-order chi connectivity index (χ1) is 10.5. The summed E-state index contributed by atoms with van der Waals surface area (Å²) in [4.78, 5) is 32.6. The Kier molecular flexibility index (Phi) is 5.26. The molecule has 8 heteroatoms. The van der Waals surface area contributed by atoms with Crippen molar-refractivity contribution in [3.63, 3.8) is 0 Å². The summed E-state index contributed by atoms with van der Waals surface area (Å²) in [5.74, 6) is 0.192. The van der Waals surface area contributed by atoms with E-state index in [2.05, 4.69) is 15.3 Å². The van der Waals surface area contributed by atoms with Crippen LogP contribution in [0.1, 0.15) is 26.7 Å². The molecule has 0 bridgehead atoms. The number of urea groups is 1. The first kappa shape index (κ1) is 16.2. The van der Waals surface area contributed by atoms with Crippen LogP contribution < -0.4 is 11.1 Å². The molecule has 1 aromatic heterocycles. The van der Waals surface area contributed by atoms with Crippen molar-refractivity contribution >= 4 is 17.8 Å². The zero-order valence-corrected chi connectivity index (χ0v) is 12.9. The number of hydrazine groups is 1. The lowest BCUT2D eigenvalue weighted by molar-refractivity contribution is -0.142. The first-order valence-electron chi connectivity index (χ1n) is 7.46. The Bertz CT molecular complexity index is 523. The molecule has 0 aliphatic carbocycles. The van der Waals surface area contributed by atoms with Gasteiger partial charge in [-0.2, -0.15) is 0 Å². The maximum Gasteiger partial charge on any atom is 0.341 e. The Morgan fingerprint density at radius 1 is 1.36 bits per heavy atom. The van der Waals surface area contributed by atoms with E-state index in [4.69, 9.17) is 5.73 Å². The van der Waals surface area contributed by atoms with Crippen molar-refractivity contribution in [1.82, 2.24) is 20.0 Å². The van der Waals surface area contributed by atoms with E-state index < -0.39 is 12.1 Å². The summed E-state index contributed by atoms with van der Waals surface area (Å²) in [6.45, 7) is 4.89.